The Labute approximate surface area is 116 Å². The Morgan fingerprint density at radius 1 is 1.26 bits per heavy atom. The Bertz CT molecular complexity index is 483. The summed E-state index contributed by atoms with van der Waals surface area (Å²) >= 11 is 0. The lowest BCUT2D eigenvalue weighted by Gasteiger charge is -2.13. The van der Waals surface area contributed by atoms with Crippen molar-refractivity contribution in [2.45, 2.75) is 38.1 Å². The summed E-state index contributed by atoms with van der Waals surface area (Å²) in [5, 5.41) is 3.22. The van der Waals surface area contributed by atoms with Crippen LogP contribution >= 0.6 is 0 Å². The van der Waals surface area contributed by atoms with Gasteiger partial charge in [-0.15, -0.1) is 0 Å². The molecule has 0 aliphatic rings. The van der Waals surface area contributed by atoms with Gasteiger partial charge in [0.05, 0.1) is 5.75 Å². The highest BCUT2D eigenvalue weighted by molar-refractivity contribution is 7.91. The number of rotatable bonds is 8. The lowest BCUT2D eigenvalue weighted by atomic mass is 10.3. The summed E-state index contributed by atoms with van der Waals surface area (Å²) in [5.41, 5.74) is 0. The molecule has 1 aromatic rings. The smallest absolute Gasteiger partial charge is 0.182 e. The number of benzene rings is 1. The first-order valence-corrected chi connectivity index (χ1v) is 8.30. The Morgan fingerprint density at radius 3 is 2.58 bits per heavy atom. The average molecular weight is 285 g/mol. The Kier molecular flexibility index (Phi) is 6.31. The molecular formula is C14H23NO3S. The van der Waals surface area contributed by atoms with Crippen LogP contribution in [-0.2, 0) is 9.84 Å². The van der Waals surface area contributed by atoms with E-state index < -0.39 is 9.84 Å². The third kappa shape index (κ3) is 5.20. The minimum Gasteiger partial charge on any atom is -0.491 e. The van der Waals surface area contributed by atoms with E-state index in [4.69, 9.17) is 4.74 Å². The second-order valence-electron chi connectivity index (χ2n) is 4.72. The zero-order chi connectivity index (χ0) is 14.3. The van der Waals surface area contributed by atoms with Crippen LogP contribution in [0.4, 0.5) is 0 Å². The van der Waals surface area contributed by atoms with E-state index in [1.807, 2.05) is 6.92 Å². The Balaban J connectivity index is 2.74. The molecule has 0 aromatic heterocycles. The fourth-order valence-corrected chi connectivity index (χ4v) is 3.19. The van der Waals surface area contributed by atoms with Crippen molar-refractivity contribution < 1.29 is 13.2 Å². The summed E-state index contributed by atoms with van der Waals surface area (Å²) in [4.78, 5) is 0.293. The average Bonchev–Trinajstić information content (AvgIpc) is 2.35. The molecule has 5 heteroatoms. The van der Waals surface area contributed by atoms with Crippen molar-refractivity contribution in [2.24, 2.45) is 0 Å². The highest BCUT2D eigenvalue weighted by Crippen LogP contribution is 2.24. The molecule has 0 heterocycles. The van der Waals surface area contributed by atoms with Crippen LogP contribution < -0.4 is 10.1 Å². The molecule has 4 nitrogen and oxygen atoms in total. The summed E-state index contributed by atoms with van der Waals surface area (Å²) in [6.45, 7) is 7.11. The van der Waals surface area contributed by atoms with Gasteiger partial charge in [-0.05, 0) is 18.6 Å². The quantitative estimate of drug-likeness (QED) is 0.744. The van der Waals surface area contributed by atoms with Crippen molar-refractivity contribution in [1.82, 2.24) is 5.32 Å². The van der Waals surface area contributed by atoms with Crippen molar-refractivity contribution in [1.29, 1.82) is 0 Å². The molecule has 0 saturated carbocycles. The molecule has 108 valence electrons. The maximum Gasteiger partial charge on any atom is 0.182 e. The van der Waals surface area contributed by atoms with Crippen molar-refractivity contribution in [3.05, 3.63) is 24.3 Å². The molecule has 0 aliphatic heterocycles. The van der Waals surface area contributed by atoms with Crippen LogP contribution in [0.15, 0.2) is 29.2 Å². The summed E-state index contributed by atoms with van der Waals surface area (Å²) in [6, 6.07) is 7.22. The number of nitrogens with one attached hydrogen (secondary N) is 1. The van der Waals surface area contributed by atoms with Crippen LogP contribution in [0.2, 0.25) is 0 Å². The lowest BCUT2D eigenvalue weighted by Crippen LogP contribution is -2.27. The first-order valence-electron chi connectivity index (χ1n) is 6.65. The molecule has 0 saturated heterocycles. The van der Waals surface area contributed by atoms with E-state index >= 15 is 0 Å². The van der Waals surface area contributed by atoms with E-state index in [2.05, 4.69) is 19.2 Å². The third-order valence-corrected chi connectivity index (χ3v) is 4.52. The first kappa shape index (κ1) is 16.0. The Hall–Kier alpha value is -1.07. The number of para-hydroxylation sites is 1. The minimum absolute atomic E-state index is 0.150. The van der Waals surface area contributed by atoms with Gasteiger partial charge in [-0.2, -0.15) is 0 Å². The van der Waals surface area contributed by atoms with Crippen LogP contribution in [-0.4, -0.2) is 33.4 Å². The molecule has 1 N–H and O–H groups in total. The fourth-order valence-electron chi connectivity index (χ4n) is 1.71. The molecule has 0 aliphatic carbocycles. The third-order valence-electron chi connectivity index (χ3n) is 2.57. The predicted octanol–water partition coefficient (Wildman–Crippen LogP) is 2.25. The summed E-state index contributed by atoms with van der Waals surface area (Å²) < 4.78 is 29.8. The molecule has 1 rings (SSSR count). The maximum absolute atomic E-state index is 12.1. The molecule has 19 heavy (non-hydrogen) atoms. The standard InChI is InChI=1S/C14H23NO3S/c1-4-11-19(16,17)14-8-6-5-7-13(14)18-10-9-15-12(2)3/h5-8,12,15H,4,9-11H2,1-3H3. The van der Waals surface area contributed by atoms with Crippen LogP contribution in [0.25, 0.3) is 0 Å². The molecule has 1 aromatic carbocycles. The predicted molar refractivity (Wildman–Crippen MR) is 77.4 cm³/mol. The molecule has 0 spiro atoms. The van der Waals surface area contributed by atoms with E-state index in [9.17, 15) is 8.42 Å². The SMILES string of the molecule is CCCS(=O)(=O)c1ccccc1OCCNC(C)C. The highest BCUT2D eigenvalue weighted by atomic mass is 32.2. The summed E-state index contributed by atoms with van der Waals surface area (Å²) in [6.07, 6.45) is 0.603. The van der Waals surface area contributed by atoms with Crippen LogP contribution in [0.1, 0.15) is 27.2 Å². The zero-order valence-corrected chi connectivity index (χ0v) is 12.7. The van der Waals surface area contributed by atoms with Gasteiger partial charge in [0.15, 0.2) is 9.84 Å². The first-order chi connectivity index (χ1) is 8.97. The van der Waals surface area contributed by atoms with Crippen molar-refractivity contribution >= 4 is 9.84 Å². The van der Waals surface area contributed by atoms with E-state index in [1.54, 1.807) is 24.3 Å². The highest BCUT2D eigenvalue weighted by Gasteiger charge is 2.18. The van der Waals surface area contributed by atoms with E-state index in [-0.39, 0.29) is 5.75 Å². The Morgan fingerprint density at radius 2 is 1.95 bits per heavy atom. The maximum atomic E-state index is 12.1. The van der Waals surface area contributed by atoms with Gasteiger partial charge in [-0.25, -0.2) is 8.42 Å². The van der Waals surface area contributed by atoms with Crippen molar-refractivity contribution in [3.63, 3.8) is 0 Å². The van der Waals surface area contributed by atoms with Crippen LogP contribution in [0.3, 0.4) is 0 Å². The molecule has 0 radical (unpaired) electrons. The molecule has 0 bridgehead atoms. The molecule has 0 atom stereocenters. The van der Waals surface area contributed by atoms with Crippen molar-refractivity contribution in [2.75, 3.05) is 18.9 Å². The fraction of sp³-hybridized carbons (Fsp3) is 0.571. The number of ether oxygens (including phenoxy) is 1. The van der Waals surface area contributed by atoms with E-state index in [1.165, 1.54) is 0 Å². The van der Waals surface area contributed by atoms with Gasteiger partial charge in [-0.3, -0.25) is 0 Å². The molecule has 0 fully saturated rings. The van der Waals surface area contributed by atoms with Gasteiger partial charge in [-0.1, -0.05) is 32.9 Å². The second kappa shape index (κ2) is 7.50. The van der Waals surface area contributed by atoms with Gasteiger partial charge in [0.2, 0.25) is 0 Å². The number of sulfone groups is 1. The minimum atomic E-state index is -3.24. The van der Waals surface area contributed by atoms with Gasteiger partial charge in [0.1, 0.15) is 17.3 Å². The van der Waals surface area contributed by atoms with Gasteiger partial charge in [0, 0.05) is 12.6 Å². The largest absolute Gasteiger partial charge is 0.491 e. The van der Waals surface area contributed by atoms with Crippen LogP contribution in [0.5, 0.6) is 5.75 Å². The number of hydrogen-bond donors (Lipinski definition) is 1. The van der Waals surface area contributed by atoms with Gasteiger partial charge >= 0.3 is 0 Å². The number of hydrogen-bond acceptors (Lipinski definition) is 4. The second-order valence-corrected chi connectivity index (χ2v) is 6.80. The molecule has 0 amide bonds. The van der Waals surface area contributed by atoms with Gasteiger partial charge < -0.3 is 10.1 Å². The summed E-state index contributed by atoms with van der Waals surface area (Å²) in [5.74, 6) is 0.596. The summed E-state index contributed by atoms with van der Waals surface area (Å²) in [7, 11) is -3.24. The normalized spacial score (nSPS) is 11.8. The van der Waals surface area contributed by atoms with Crippen LogP contribution in [0, 0.1) is 0 Å². The van der Waals surface area contributed by atoms with E-state index in [0.29, 0.717) is 36.3 Å². The molecule has 0 unspecified atom stereocenters. The topological polar surface area (TPSA) is 55.4 Å². The van der Waals surface area contributed by atoms with Crippen molar-refractivity contribution in [3.8, 4) is 5.75 Å². The zero-order valence-electron chi connectivity index (χ0n) is 11.8. The lowest BCUT2D eigenvalue weighted by molar-refractivity contribution is 0.301. The van der Waals surface area contributed by atoms with E-state index in [0.717, 1.165) is 0 Å². The van der Waals surface area contributed by atoms with Gasteiger partial charge in [0.25, 0.3) is 0 Å². The molecular weight excluding hydrogens is 262 g/mol. The monoisotopic (exact) mass is 285 g/mol.